The zero-order valence-electron chi connectivity index (χ0n) is 14.1. The van der Waals surface area contributed by atoms with Gasteiger partial charge in [0.05, 0.1) is 19.1 Å². The van der Waals surface area contributed by atoms with Crippen LogP contribution in [0.1, 0.15) is 36.9 Å². The molecule has 1 amide bonds. The van der Waals surface area contributed by atoms with Gasteiger partial charge in [0.2, 0.25) is 5.91 Å². The van der Waals surface area contributed by atoms with Crippen LogP contribution in [0.25, 0.3) is 0 Å². The number of carbonyl (C=O) groups excluding carboxylic acids is 1. The molecule has 1 aliphatic rings. The molecule has 3 rings (SSSR count). The van der Waals surface area contributed by atoms with Gasteiger partial charge in [0.25, 0.3) is 0 Å². The van der Waals surface area contributed by atoms with E-state index in [1.807, 2.05) is 48.2 Å². The fourth-order valence-corrected chi connectivity index (χ4v) is 3.24. The molecule has 2 atom stereocenters. The van der Waals surface area contributed by atoms with E-state index in [0.717, 1.165) is 37.2 Å². The second-order valence-electron chi connectivity index (χ2n) is 6.54. The van der Waals surface area contributed by atoms with Crippen molar-refractivity contribution in [1.82, 2.24) is 15.1 Å². The minimum atomic E-state index is -0.116. The summed E-state index contributed by atoms with van der Waals surface area (Å²) in [5.41, 5.74) is 2.26. The van der Waals surface area contributed by atoms with Gasteiger partial charge in [-0.3, -0.25) is 9.89 Å². The first-order valence-corrected chi connectivity index (χ1v) is 8.64. The van der Waals surface area contributed by atoms with Gasteiger partial charge in [0.15, 0.2) is 0 Å². The van der Waals surface area contributed by atoms with Gasteiger partial charge in [0.1, 0.15) is 0 Å². The third-order valence-electron chi connectivity index (χ3n) is 4.60. The first kappa shape index (κ1) is 16.7. The molecule has 1 fully saturated rings. The lowest BCUT2D eigenvalue weighted by Gasteiger charge is -2.33. The highest BCUT2D eigenvalue weighted by atomic mass is 16.5. The van der Waals surface area contributed by atoms with Gasteiger partial charge in [-0.25, -0.2) is 0 Å². The molecule has 5 nitrogen and oxygen atoms in total. The molecule has 0 radical (unpaired) electrons. The topological polar surface area (TPSA) is 58.2 Å². The standard InChI is InChI=1S/C19H25N3O2/c1-15(13-24-14-16-6-3-2-4-7-16)19(23)22-11-5-8-17(12-22)18-9-10-20-21-18/h2-4,6-7,9-10,15,17H,5,8,11-14H2,1H3,(H,20,21). The number of amides is 1. The van der Waals surface area contributed by atoms with Gasteiger partial charge in [-0.05, 0) is 24.5 Å². The maximum atomic E-state index is 12.7. The quantitative estimate of drug-likeness (QED) is 0.887. The number of ether oxygens (including phenoxy) is 1. The number of aromatic nitrogens is 2. The van der Waals surface area contributed by atoms with Crippen molar-refractivity contribution >= 4 is 5.91 Å². The van der Waals surface area contributed by atoms with Crippen molar-refractivity contribution < 1.29 is 9.53 Å². The lowest BCUT2D eigenvalue weighted by molar-refractivity contribution is -0.138. The summed E-state index contributed by atoms with van der Waals surface area (Å²) in [7, 11) is 0. The van der Waals surface area contributed by atoms with Gasteiger partial charge < -0.3 is 9.64 Å². The van der Waals surface area contributed by atoms with E-state index in [4.69, 9.17) is 4.74 Å². The second kappa shape index (κ2) is 8.11. The Hall–Kier alpha value is -2.14. The second-order valence-corrected chi connectivity index (χ2v) is 6.54. The summed E-state index contributed by atoms with van der Waals surface area (Å²) in [6.45, 7) is 4.57. The first-order valence-electron chi connectivity index (χ1n) is 8.64. The van der Waals surface area contributed by atoms with E-state index in [1.165, 1.54) is 0 Å². The summed E-state index contributed by atoms with van der Waals surface area (Å²) in [6, 6.07) is 12.1. The predicted molar refractivity (Wildman–Crippen MR) is 92.4 cm³/mol. The molecule has 5 heteroatoms. The minimum Gasteiger partial charge on any atom is -0.376 e. The van der Waals surface area contributed by atoms with E-state index in [9.17, 15) is 4.79 Å². The number of aromatic amines is 1. The molecule has 0 spiro atoms. The Morgan fingerprint density at radius 2 is 2.21 bits per heavy atom. The van der Waals surface area contributed by atoms with Gasteiger partial charge in [-0.2, -0.15) is 5.10 Å². The van der Waals surface area contributed by atoms with Crippen LogP contribution in [0.15, 0.2) is 42.6 Å². The Bertz CT molecular complexity index is 627. The monoisotopic (exact) mass is 327 g/mol. The van der Waals surface area contributed by atoms with Crippen LogP contribution in [0.3, 0.4) is 0 Å². The molecule has 128 valence electrons. The normalized spacial score (nSPS) is 19.2. The zero-order valence-corrected chi connectivity index (χ0v) is 14.1. The summed E-state index contributed by atoms with van der Waals surface area (Å²) in [5.74, 6) is 0.434. The summed E-state index contributed by atoms with van der Waals surface area (Å²) < 4.78 is 5.73. The van der Waals surface area contributed by atoms with Crippen LogP contribution in [-0.2, 0) is 16.1 Å². The molecule has 2 heterocycles. The molecule has 1 aromatic carbocycles. The van der Waals surface area contributed by atoms with Crippen molar-refractivity contribution in [3.05, 3.63) is 53.9 Å². The molecule has 1 N–H and O–H groups in total. The minimum absolute atomic E-state index is 0.116. The Balaban J connectivity index is 1.48. The van der Waals surface area contributed by atoms with E-state index in [-0.39, 0.29) is 11.8 Å². The van der Waals surface area contributed by atoms with E-state index in [1.54, 1.807) is 6.20 Å². The van der Waals surface area contributed by atoms with Crippen molar-refractivity contribution in [3.63, 3.8) is 0 Å². The summed E-state index contributed by atoms with van der Waals surface area (Å²) in [6.07, 6.45) is 3.91. The van der Waals surface area contributed by atoms with Crippen LogP contribution in [-0.4, -0.2) is 40.7 Å². The fourth-order valence-electron chi connectivity index (χ4n) is 3.24. The molecule has 2 aromatic rings. The molecule has 1 saturated heterocycles. The number of piperidine rings is 1. The Labute approximate surface area is 143 Å². The van der Waals surface area contributed by atoms with Gasteiger partial charge in [-0.1, -0.05) is 37.3 Å². The molecule has 24 heavy (non-hydrogen) atoms. The van der Waals surface area contributed by atoms with Crippen LogP contribution >= 0.6 is 0 Å². The van der Waals surface area contributed by atoms with Crippen molar-refractivity contribution in [2.45, 2.75) is 32.3 Å². The maximum absolute atomic E-state index is 12.7. The number of hydrogen-bond donors (Lipinski definition) is 1. The number of rotatable bonds is 6. The predicted octanol–water partition coefficient (Wildman–Crippen LogP) is 2.97. The van der Waals surface area contributed by atoms with Crippen LogP contribution < -0.4 is 0 Å². The largest absolute Gasteiger partial charge is 0.376 e. The average molecular weight is 327 g/mol. The van der Waals surface area contributed by atoms with Crippen molar-refractivity contribution in [2.75, 3.05) is 19.7 Å². The first-order chi connectivity index (χ1) is 11.7. The van der Waals surface area contributed by atoms with E-state index in [0.29, 0.717) is 19.1 Å². The smallest absolute Gasteiger partial charge is 0.227 e. The van der Waals surface area contributed by atoms with Crippen LogP contribution in [0.2, 0.25) is 0 Å². The summed E-state index contributed by atoms with van der Waals surface area (Å²) >= 11 is 0. The average Bonchev–Trinajstić information content (AvgIpc) is 3.17. The SMILES string of the molecule is CC(COCc1ccccc1)C(=O)N1CCCC(c2ccn[nH]2)C1. The summed E-state index contributed by atoms with van der Waals surface area (Å²) in [4.78, 5) is 14.7. The molecular formula is C19H25N3O2. The van der Waals surface area contributed by atoms with Crippen LogP contribution in [0.5, 0.6) is 0 Å². The van der Waals surface area contributed by atoms with Crippen LogP contribution in [0.4, 0.5) is 0 Å². The van der Waals surface area contributed by atoms with Gasteiger partial charge in [-0.15, -0.1) is 0 Å². The Kier molecular flexibility index (Phi) is 5.64. The molecule has 0 aliphatic carbocycles. The van der Waals surface area contributed by atoms with Gasteiger partial charge >= 0.3 is 0 Å². The molecule has 0 bridgehead atoms. The molecule has 2 unspecified atom stereocenters. The van der Waals surface area contributed by atoms with E-state index >= 15 is 0 Å². The Morgan fingerprint density at radius 3 is 2.96 bits per heavy atom. The van der Waals surface area contributed by atoms with E-state index in [2.05, 4.69) is 10.2 Å². The lowest BCUT2D eigenvalue weighted by atomic mass is 9.94. The number of nitrogens with zero attached hydrogens (tertiary/aromatic N) is 2. The highest BCUT2D eigenvalue weighted by molar-refractivity contribution is 5.78. The van der Waals surface area contributed by atoms with Crippen LogP contribution in [0, 0.1) is 5.92 Å². The lowest BCUT2D eigenvalue weighted by Crippen LogP contribution is -2.42. The Morgan fingerprint density at radius 1 is 1.38 bits per heavy atom. The number of H-pyrrole nitrogens is 1. The number of nitrogens with one attached hydrogen (secondary N) is 1. The third kappa shape index (κ3) is 4.23. The molecule has 1 aromatic heterocycles. The number of hydrogen-bond acceptors (Lipinski definition) is 3. The van der Waals surface area contributed by atoms with Gasteiger partial charge in [0, 0.05) is 30.9 Å². The highest BCUT2D eigenvalue weighted by Gasteiger charge is 2.28. The molecular weight excluding hydrogens is 302 g/mol. The zero-order chi connectivity index (χ0) is 16.8. The maximum Gasteiger partial charge on any atom is 0.227 e. The van der Waals surface area contributed by atoms with E-state index < -0.39 is 0 Å². The van der Waals surface area contributed by atoms with Crippen molar-refractivity contribution in [3.8, 4) is 0 Å². The summed E-state index contributed by atoms with van der Waals surface area (Å²) in [5, 5.41) is 7.06. The highest BCUT2D eigenvalue weighted by Crippen LogP contribution is 2.26. The third-order valence-corrected chi connectivity index (χ3v) is 4.60. The molecule has 1 aliphatic heterocycles. The fraction of sp³-hybridized carbons (Fsp3) is 0.474. The van der Waals surface area contributed by atoms with Crippen molar-refractivity contribution in [1.29, 1.82) is 0 Å². The number of benzene rings is 1. The number of carbonyl (C=O) groups is 1. The number of likely N-dealkylation sites (tertiary alicyclic amines) is 1. The molecule has 0 saturated carbocycles. The van der Waals surface area contributed by atoms with Crippen molar-refractivity contribution in [2.24, 2.45) is 5.92 Å².